The number of nitrogens with one attached hydrogen (secondary N) is 1. The van der Waals surface area contributed by atoms with Crippen molar-refractivity contribution in [2.75, 3.05) is 7.11 Å². The van der Waals surface area contributed by atoms with E-state index in [9.17, 15) is 9.59 Å². The summed E-state index contributed by atoms with van der Waals surface area (Å²) in [6.45, 7) is 1.56. The molecule has 1 aromatic rings. The molecule has 0 aliphatic heterocycles. The highest BCUT2D eigenvalue weighted by Crippen LogP contribution is 2.24. The summed E-state index contributed by atoms with van der Waals surface area (Å²) >= 11 is 3.28. The smallest absolute Gasteiger partial charge is 0.340 e. The van der Waals surface area contributed by atoms with E-state index in [-0.39, 0.29) is 11.9 Å². The molecule has 1 aromatic carbocycles. The Labute approximate surface area is 125 Å². The van der Waals surface area contributed by atoms with E-state index in [2.05, 4.69) is 21.2 Å². The Hall–Kier alpha value is -1.56. The zero-order valence-electron chi connectivity index (χ0n) is 11.3. The number of carbonyl (C=O) groups is 2. The van der Waals surface area contributed by atoms with Crippen molar-refractivity contribution in [1.29, 1.82) is 0 Å². The highest BCUT2D eigenvalue weighted by atomic mass is 79.9. The predicted molar refractivity (Wildman–Crippen MR) is 76.7 cm³/mol. The van der Waals surface area contributed by atoms with E-state index in [4.69, 9.17) is 9.47 Å². The maximum absolute atomic E-state index is 12.1. The molecule has 0 aromatic heterocycles. The summed E-state index contributed by atoms with van der Waals surface area (Å²) in [5.74, 6) is -0.274. The van der Waals surface area contributed by atoms with Crippen LogP contribution >= 0.6 is 15.9 Å². The average molecular weight is 342 g/mol. The van der Waals surface area contributed by atoms with Gasteiger partial charge in [-0.15, -0.1) is 0 Å². The van der Waals surface area contributed by atoms with Gasteiger partial charge in [0.05, 0.1) is 12.7 Å². The van der Waals surface area contributed by atoms with E-state index in [0.29, 0.717) is 15.8 Å². The Morgan fingerprint density at radius 3 is 2.70 bits per heavy atom. The van der Waals surface area contributed by atoms with Gasteiger partial charge in [-0.25, -0.2) is 4.79 Å². The Morgan fingerprint density at radius 1 is 1.40 bits per heavy atom. The fraction of sp³-hybridized carbons (Fsp3) is 0.429. The van der Waals surface area contributed by atoms with Gasteiger partial charge in [-0.1, -0.05) is 0 Å². The molecule has 1 N–H and O–H groups in total. The number of esters is 1. The summed E-state index contributed by atoms with van der Waals surface area (Å²) in [4.78, 5) is 23.8. The summed E-state index contributed by atoms with van der Waals surface area (Å²) in [5, 5.41) is 2.80. The number of hydrogen-bond acceptors (Lipinski definition) is 4. The van der Waals surface area contributed by atoms with Crippen molar-refractivity contribution in [2.24, 2.45) is 0 Å². The van der Waals surface area contributed by atoms with Crippen LogP contribution in [0.15, 0.2) is 22.7 Å². The number of rotatable bonds is 5. The molecule has 0 radical (unpaired) electrons. The highest BCUT2D eigenvalue weighted by Gasteiger charge is 2.27. The molecule has 1 fully saturated rings. The minimum absolute atomic E-state index is 0.243. The second kappa shape index (κ2) is 6.26. The van der Waals surface area contributed by atoms with Gasteiger partial charge in [0, 0.05) is 10.5 Å². The van der Waals surface area contributed by atoms with Crippen LogP contribution in [-0.2, 0) is 9.53 Å². The summed E-state index contributed by atoms with van der Waals surface area (Å²) in [7, 11) is 1.52. The number of carbonyl (C=O) groups excluding carboxylic acids is 2. The van der Waals surface area contributed by atoms with Crippen molar-refractivity contribution < 1.29 is 19.1 Å². The molecule has 108 valence electrons. The standard InChI is InChI=1S/C14H16BrNO4/c1-8(13(17)16-9-3-4-9)20-14(18)11-7-10(19-2)5-6-12(11)15/h5-9H,3-4H2,1-2H3,(H,16,17). The summed E-state index contributed by atoms with van der Waals surface area (Å²) in [6, 6.07) is 5.24. The van der Waals surface area contributed by atoms with Crippen LogP contribution < -0.4 is 10.1 Å². The second-order valence-corrected chi connectivity index (χ2v) is 5.53. The quantitative estimate of drug-likeness (QED) is 0.834. The van der Waals surface area contributed by atoms with Crippen LogP contribution in [0.2, 0.25) is 0 Å². The normalized spacial score (nSPS) is 15.3. The first-order chi connectivity index (χ1) is 9.51. The highest BCUT2D eigenvalue weighted by molar-refractivity contribution is 9.10. The van der Waals surface area contributed by atoms with Gasteiger partial charge >= 0.3 is 5.97 Å². The first kappa shape index (κ1) is 14.8. The van der Waals surface area contributed by atoms with E-state index in [1.165, 1.54) is 7.11 Å². The number of methoxy groups -OCH3 is 1. The van der Waals surface area contributed by atoms with Gasteiger partial charge in [0.25, 0.3) is 5.91 Å². The van der Waals surface area contributed by atoms with Gasteiger partial charge in [0.15, 0.2) is 6.10 Å². The first-order valence-electron chi connectivity index (χ1n) is 6.36. The molecule has 1 saturated carbocycles. The van der Waals surface area contributed by atoms with Crippen molar-refractivity contribution in [3.8, 4) is 5.75 Å². The van der Waals surface area contributed by atoms with E-state index in [0.717, 1.165) is 12.8 Å². The maximum Gasteiger partial charge on any atom is 0.340 e. The number of benzene rings is 1. The predicted octanol–water partition coefficient (Wildman–Crippen LogP) is 2.28. The molecule has 6 heteroatoms. The summed E-state index contributed by atoms with van der Waals surface area (Å²) in [5.41, 5.74) is 0.329. The van der Waals surface area contributed by atoms with Crippen molar-refractivity contribution in [2.45, 2.75) is 31.9 Å². The van der Waals surface area contributed by atoms with Gasteiger partial charge in [-0.05, 0) is 53.9 Å². The number of halogens is 1. The number of hydrogen-bond donors (Lipinski definition) is 1. The molecule has 1 atom stereocenters. The van der Waals surface area contributed by atoms with Crippen molar-refractivity contribution >= 4 is 27.8 Å². The fourth-order valence-electron chi connectivity index (χ4n) is 1.61. The summed E-state index contributed by atoms with van der Waals surface area (Å²) in [6.07, 6.45) is 1.17. The van der Waals surface area contributed by atoms with Crippen molar-refractivity contribution in [3.63, 3.8) is 0 Å². The van der Waals surface area contributed by atoms with Crippen LogP contribution in [0, 0.1) is 0 Å². The van der Waals surface area contributed by atoms with Crippen LogP contribution in [0.5, 0.6) is 5.75 Å². The Kier molecular flexibility index (Phi) is 4.65. The first-order valence-corrected chi connectivity index (χ1v) is 7.15. The topological polar surface area (TPSA) is 64.6 Å². The number of amides is 1. The van der Waals surface area contributed by atoms with Crippen LogP contribution in [0.3, 0.4) is 0 Å². The lowest BCUT2D eigenvalue weighted by atomic mass is 10.2. The van der Waals surface area contributed by atoms with Gasteiger partial charge in [0.2, 0.25) is 0 Å². The van der Waals surface area contributed by atoms with Crippen LogP contribution in [-0.4, -0.2) is 31.1 Å². The molecule has 0 spiro atoms. The monoisotopic (exact) mass is 341 g/mol. The Morgan fingerprint density at radius 2 is 2.10 bits per heavy atom. The minimum Gasteiger partial charge on any atom is -0.497 e. The molecule has 0 saturated heterocycles. The molecule has 1 unspecified atom stereocenters. The molecule has 1 aliphatic carbocycles. The molecule has 20 heavy (non-hydrogen) atoms. The fourth-order valence-corrected chi connectivity index (χ4v) is 2.02. The van der Waals surface area contributed by atoms with E-state index in [1.807, 2.05) is 0 Å². The van der Waals surface area contributed by atoms with Crippen LogP contribution in [0.4, 0.5) is 0 Å². The van der Waals surface area contributed by atoms with Crippen LogP contribution in [0.1, 0.15) is 30.1 Å². The molecule has 1 aliphatic rings. The van der Waals surface area contributed by atoms with E-state index >= 15 is 0 Å². The van der Waals surface area contributed by atoms with Crippen molar-refractivity contribution in [3.05, 3.63) is 28.2 Å². The average Bonchev–Trinajstić information content (AvgIpc) is 3.23. The second-order valence-electron chi connectivity index (χ2n) is 4.68. The zero-order valence-corrected chi connectivity index (χ0v) is 12.9. The van der Waals surface area contributed by atoms with Gasteiger partial charge < -0.3 is 14.8 Å². The SMILES string of the molecule is COc1ccc(Br)c(C(=O)OC(C)C(=O)NC2CC2)c1. The van der Waals surface area contributed by atoms with Crippen molar-refractivity contribution in [1.82, 2.24) is 5.32 Å². The third kappa shape index (κ3) is 3.72. The lowest BCUT2D eigenvalue weighted by molar-refractivity contribution is -0.129. The lowest BCUT2D eigenvalue weighted by Gasteiger charge is -2.14. The number of ether oxygens (including phenoxy) is 2. The molecule has 5 nitrogen and oxygen atoms in total. The lowest BCUT2D eigenvalue weighted by Crippen LogP contribution is -2.37. The maximum atomic E-state index is 12.1. The third-order valence-electron chi connectivity index (χ3n) is 2.97. The van der Waals surface area contributed by atoms with Gasteiger partial charge in [-0.2, -0.15) is 0 Å². The Bertz CT molecular complexity index is 528. The summed E-state index contributed by atoms with van der Waals surface area (Å²) < 4.78 is 10.8. The molecular formula is C14H16BrNO4. The largest absolute Gasteiger partial charge is 0.497 e. The molecular weight excluding hydrogens is 326 g/mol. The minimum atomic E-state index is -0.818. The molecule has 1 amide bonds. The molecule has 0 heterocycles. The molecule has 0 bridgehead atoms. The van der Waals surface area contributed by atoms with Crippen LogP contribution in [0.25, 0.3) is 0 Å². The van der Waals surface area contributed by atoms with E-state index in [1.54, 1.807) is 25.1 Å². The third-order valence-corrected chi connectivity index (χ3v) is 3.66. The molecule has 2 rings (SSSR count). The van der Waals surface area contributed by atoms with Gasteiger partial charge in [0.1, 0.15) is 5.75 Å². The van der Waals surface area contributed by atoms with Gasteiger partial charge in [-0.3, -0.25) is 4.79 Å². The zero-order chi connectivity index (χ0) is 14.7. The van der Waals surface area contributed by atoms with E-state index < -0.39 is 12.1 Å². The Balaban J connectivity index is 2.01.